The molecule has 0 unspecified atom stereocenters. The third-order valence-corrected chi connectivity index (χ3v) is 4.57. The first kappa shape index (κ1) is 14.7. The molecule has 0 saturated carbocycles. The summed E-state index contributed by atoms with van der Waals surface area (Å²) in [5.74, 6) is -0.538. The number of hydrogen-bond acceptors (Lipinski definition) is 3. The minimum Gasteiger partial charge on any atom is -0.282 e. The minimum absolute atomic E-state index is 0.0839. The van der Waals surface area contributed by atoms with Gasteiger partial charge >= 0.3 is 0 Å². The van der Waals surface area contributed by atoms with Crippen LogP contribution in [0.2, 0.25) is 0 Å². The Hall–Kier alpha value is -1.73. The summed E-state index contributed by atoms with van der Waals surface area (Å²) < 4.78 is 40.1. The van der Waals surface area contributed by atoms with E-state index in [0.29, 0.717) is 5.56 Å². The van der Waals surface area contributed by atoms with E-state index >= 15 is 0 Å². The molecule has 1 aromatic heterocycles. The fraction of sp³-hybridized carbons (Fsp3) is 0.308. The van der Waals surface area contributed by atoms with Crippen LogP contribution in [0.15, 0.2) is 23.1 Å². The van der Waals surface area contributed by atoms with E-state index in [1.165, 1.54) is 12.1 Å². The topological polar surface area (TPSA) is 74.8 Å². The van der Waals surface area contributed by atoms with Crippen LogP contribution in [0, 0.1) is 26.6 Å². The Bertz CT molecular complexity index is 719. The van der Waals surface area contributed by atoms with Gasteiger partial charge in [-0.3, -0.25) is 5.10 Å². The van der Waals surface area contributed by atoms with Crippen LogP contribution in [-0.4, -0.2) is 18.6 Å². The quantitative estimate of drug-likeness (QED) is 0.905. The summed E-state index contributed by atoms with van der Waals surface area (Å²) in [6.07, 6.45) is 0. The second-order valence-corrected chi connectivity index (χ2v) is 6.42. The van der Waals surface area contributed by atoms with Crippen molar-refractivity contribution in [2.45, 2.75) is 32.2 Å². The van der Waals surface area contributed by atoms with Crippen molar-refractivity contribution < 1.29 is 12.8 Å². The van der Waals surface area contributed by atoms with Gasteiger partial charge in [0.05, 0.1) is 10.6 Å². The van der Waals surface area contributed by atoms with Crippen molar-refractivity contribution in [1.82, 2.24) is 14.9 Å². The zero-order chi connectivity index (χ0) is 14.9. The van der Waals surface area contributed by atoms with Crippen LogP contribution < -0.4 is 4.72 Å². The molecule has 0 spiro atoms. The van der Waals surface area contributed by atoms with Crippen molar-refractivity contribution in [1.29, 1.82) is 0 Å². The predicted molar refractivity (Wildman–Crippen MR) is 73.2 cm³/mol. The lowest BCUT2D eigenvalue weighted by Crippen LogP contribution is -2.24. The zero-order valence-electron chi connectivity index (χ0n) is 11.5. The summed E-state index contributed by atoms with van der Waals surface area (Å²) in [5.41, 5.74) is 2.74. The number of sulfonamides is 1. The van der Waals surface area contributed by atoms with Crippen molar-refractivity contribution in [2.24, 2.45) is 0 Å². The molecule has 0 radical (unpaired) electrons. The smallest absolute Gasteiger partial charge is 0.240 e. The van der Waals surface area contributed by atoms with Crippen molar-refractivity contribution >= 4 is 10.0 Å². The van der Waals surface area contributed by atoms with E-state index in [0.717, 1.165) is 23.0 Å². The van der Waals surface area contributed by atoms with Crippen LogP contribution in [0.3, 0.4) is 0 Å². The lowest BCUT2D eigenvalue weighted by atomic mass is 10.2. The molecule has 1 aromatic carbocycles. The Balaban J connectivity index is 2.21. The number of rotatable bonds is 4. The molecule has 0 aliphatic heterocycles. The molecule has 0 atom stereocenters. The number of hydrogen-bond donors (Lipinski definition) is 2. The molecule has 20 heavy (non-hydrogen) atoms. The van der Waals surface area contributed by atoms with E-state index in [4.69, 9.17) is 0 Å². The predicted octanol–water partition coefficient (Wildman–Crippen LogP) is 1.95. The molecule has 2 aromatic rings. The molecule has 0 aliphatic rings. The number of aromatic amines is 1. The lowest BCUT2D eigenvalue weighted by Gasteiger charge is -2.08. The van der Waals surface area contributed by atoms with E-state index in [1.807, 2.05) is 6.92 Å². The summed E-state index contributed by atoms with van der Waals surface area (Å²) in [6.45, 7) is 5.30. The Morgan fingerprint density at radius 1 is 1.30 bits per heavy atom. The third kappa shape index (κ3) is 2.88. The van der Waals surface area contributed by atoms with Gasteiger partial charge in [-0.25, -0.2) is 17.5 Å². The maximum absolute atomic E-state index is 13.4. The van der Waals surface area contributed by atoms with E-state index in [2.05, 4.69) is 14.9 Å². The molecule has 2 N–H and O–H groups in total. The molecular formula is C13H16FN3O2S. The van der Waals surface area contributed by atoms with Gasteiger partial charge in [0.1, 0.15) is 5.82 Å². The van der Waals surface area contributed by atoms with Crippen LogP contribution >= 0.6 is 0 Å². The highest BCUT2D eigenvalue weighted by molar-refractivity contribution is 7.89. The summed E-state index contributed by atoms with van der Waals surface area (Å²) in [7, 11) is -3.74. The minimum atomic E-state index is -3.74. The molecule has 0 bridgehead atoms. The molecule has 108 valence electrons. The van der Waals surface area contributed by atoms with Gasteiger partial charge in [-0.15, -0.1) is 0 Å². The summed E-state index contributed by atoms with van der Waals surface area (Å²) in [6, 6.07) is 3.85. The molecule has 0 amide bonds. The van der Waals surface area contributed by atoms with Gasteiger partial charge in [-0.05, 0) is 38.5 Å². The van der Waals surface area contributed by atoms with E-state index in [1.54, 1.807) is 13.8 Å². The van der Waals surface area contributed by atoms with Gasteiger partial charge in [0.25, 0.3) is 0 Å². The maximum atomic E-state index is 13.4. The highest BCUT2D eigenvalue weighted by Gasteiger charge is 2.17. The Labute approximate surface area is 117 Å². The largest absolute Gasteiger partial charge is 0.282 e. The van der Waals surface area contributed by atoms with Gasteiger partial charge in [-0.2, -0.15) is 5.10 Å². The van der Waals surface area contributed by atoms with E-state index in [-0.39, 0.29) is 11.4 Å². The Kier molecular flexibility index (Phi) is 3.92. The second kappa shape index (κ2) is 5.34. The standard InChI is InChI=1S/C13H16FN3O2S/c1-8-4-5-11(6-13(8)14)20(18,19)15-7-12-9(2)16-17-10(12)3/h4-6,15H,7H2,1-3H3,(H,16,17). The summed E-state index contributed by atoms with van der Waals surface area (Å²) in [4.78, 5) is -0.0839. The number of nitrogens with zero attached hydrogens (tertiary/aromatic N) is 1. The highest BCUT2D eigenvalue weighted by atomic mass is 32.2. The molecule has 5 nitrogen and oxygen atoms in total. The first-order valence-corrected chi connectivity index (χ1v) is 7.56. The van der Waals surface area contributed by atoms with Crippen LogP contribution in [0.4, 0.5) is 4.39 Å². The van der Waals surface area contributed by atoms with Crippen LogP contribution in [0.5, 0.6) is 0 Å². The summed E-state index contributed by atoms with van der Waals surface area (Å²) >= 11 is 0. The van der Waals surface area contributed by atoms with E-state index in [9.17, 15) is 12.8 Å². The molecule has 0 aliphatic carbocycles. The second-order valence-electron chi connectivity index (χ2n) is 4.65. The molecule has 1 heterocycles. The average Bonchev–Trinajstić information content (AvgIpc) is 2.70. The monoisotopic (exact) mass is 297 g/mol. The van der Waals surface area contributed by atoms with Crippen molar-refractivity contribution in [2.75, 3.05) is 0 Å². The first-order chi connectivity index (χ1) is 9.31. The maximum Gasteiger partial charge on any atom is 0.240 e. The number of nitrogens with one attached hydrogen (secondary N) is 2. The SMILES string of the molecule is Cc1ccc(S(=O)(=O)NCc2c(C)n[nH]c2C)cc1F. The van der Waals surface area contributed by atoms with E-state index < -0.39 is 15.8 Å². The molecular weight excluding hydrogens is 281 g/mol. The third-order valence-electron chi connectivity index (χ3n) is 3.17. The lowest BCUT2D eigenvalue weighted by molar-refractivity contribution is 0.576. The number of H-pyrrole nitrogens is 1. The fourth-order valence-corrected chi connectivity index (χ4v) is 2.83. The Morgan fingerprint density at radius 3 is 2.55 bits per heavy atom. The molecule has 0 saturated heterocycles. The zero-order valence-corrected chi connectivity index (χ0v) is 12.3. The van der Waals surface area contributed by atoms with Crippen molar-refractivity contribution in [3.05, 3.63) is 46.5 Å². The number of aryl methyl sites for hydroxylation is 3. The fourth-order valence-electron chi connectivity index (χ4n) is 1.83. The van der Waals surface area contributed by atoms with Gasteiger partial charge in [0.2, 0.25) is 10.0 Å². The molecule has 0 fully saturated rings. The normalized spacial score (nSPS) is 11.8. The molecule has 2 rings (SSSR count). The van der Waals surface area contributed by atoms with Crippen LogP contribution in [-0.2, 0) is 16.6 Å². The Morgan fingerprint density at radius 2 is 2.00 bits per heavy atom. The van der Waals surface area contributed by atoms with Crippen molar-refractivity contribution in [3.8, 4) is 0 Å². The molecule has 7 heteroatoms. The van der Waals surface area contributed by atoms with Gasteiger partial charge in [-0.1, -0.05) is 6.07 Å². The number of benzene rings is 1. The summed E-state index contributed by atoms with van der Waals surface area (Å²) in [5, 5.41) is 6.78. The highest BCUT2D eigenvalue weighted by Crippen LogP contribution is 2.15. The first-order valence-electron chi connectivity index (χ1n) is 6.07. The van der Waals surface area contributed by atoms with Crippen LogP contribution in [0.1, 0.15) is 22.5 Å². The van der Waals surface area contributed by atoms with Gasteiger partial charge in [0.15, 0.2) is 0 Å². The number of aromatic nitrogens is 2. The number of halogens is 1. The van der Waals surface area contributed by atoms with Crippen molar-refractivity contribution in [3.63, 3.8) is 0 Å². The van der Waals surface area contributed by atoms with Crippen LogP contribution in [0.25, 0.3) is 0 Å². The van der Waals surface area contributed by atoms with Gasteiger partial charge < -0.3 is 0 Å². The average molecular weight is 297 g/mol. The van der Waals surface area contributed by atoms with Gasteiger partial charge in [0, 0.05) is 17.8 Å².